The number of carboxylic acids is 1. The van der Waals surface area contributed by atoms with Crippen LogP contribution in [0.5, 0.6) is 0 Å². The van der Waals surface area contributed by atoms with Crippen LogP contribution in [0.3, 0.4) is 0 Å². The van der Waals surface area contributed by atoms with Gasteiger partial charge in [0, 0.05) is 19.3 Å². The molecule has 0 aromatic carbocycles. The maximum absolute atomic E-state index is 12.6. The van der Waals surface area contributed by atoms with Crippen molar-refractivity contribution in [2.24, 2.45) is 13.0 Å². The van der Waals surface area contributed by atoms with Crippen molar-refractivity contribution in [1.82, 2.24) is 14.7 Å². The molecular formula is C13H19N3O3. The molecule has 1 aliphatic rings. The van der Waals surface area contributed by atoms with E-state index in [0.29, 0.717) is 17.8 Å². The second-order valence-electron chi connectivity index (χ2n) is 5.22. The van der Waals surface area contributed by atoms with Gasteiger partial charge < -0.3 is 10.0 Å². The molecule has 2 heterocycles. The predicted octanol–water partition coefficient (Wildman–Crippen LogP) is 0.972. The number of likely N-dealkylation sites (tertiary alicyclic amines) is 1. The molecule has 2 unspecified atom stereocenters. The Morgan fingerprint density at radius 3 is 2.47 bits per heavy atom. The number of carbonyl (C=O) groups is 2. The van der Waals surface area contributed by atoms with Gasteiger partial charge in [0.2, 0.25) is 0 Å². The number of hydrogen-bond acceptors (Lipinski definition) is 3. The van der Waals surface area contributed by atoms with E-state index in [0.717, 1.165) is 12.1 Å². The first-order chi connectivity index (χ1) is 8.84. The lowest BCUT2D eigenvalue weighted by molar-refractivity contribution is -0.142. The minimum absolute atomic E-state index is 0.0151. The maximum Gasteiger partial charge on any atom is 0.326 e. The zero-order valence-corrected chi connectivity index (χ0v) is 11.7. The van der Waals surface area contributed by atoms with E-state index in [2.05, 4.69) is 5.10 Å². The highest BCUT2D eigenvalue weighted by molar-refractivity contribution is 5.98. The van der Waals surface area contributed by atoms with Crippen LogP contribution >= 0.6 is 0 Å². The Labute approximate surface area is 112 Å². The number of aliphatic carboxylic acids is 1. The highest BCUT2D eigenvalue weighted by Crippen LogP contribution is 2.27. The van der Waals surface area contributed by atoms with Crippen molar-refractivity contribution >= 4 is 11.9 Å². The molecule has 104 valence electrons. The van der Waals surface area contributed by atoms with Crippen molar-refractivity contribution in [2.75, 3.05) is 6.54 Å². The fraction of sp³-hybridized carbons (Fsp3) is 0.615. The van der Waals surface area contributed by atoms with Crippen LogP contribution < -0.4 is 0 Å². The summed E-state index contributed by atoms with van der Waals surface area (Å²) in [5.41, 5.74) is 1.95. The molecule has 0 saturated carbocycles. The number of carboxylic acid groups (broad SMARTS) is 1. The van der Waals surface area contributed by atoms with E-state index in [-0.39, 0.29) is 11.8 Å². The largest absolute Gasteiger partial charge is 0.480 e. The second kappa shape index (κ2) is 4.68. The summed E-state index contributed by atoms with van der Waals surface area (Å²) in [6, 6.07) is -0.730. The zero-order valence-electron chi connectivity index (χ0n) is 11.7. The molecule has 1 fully saturated rings. The van der Waals surface area contributed by atoms with Gasteiger partial charge >= 0.3 is 5.97 Å². The Morgan fingerprint density at radius 1 is 1.37 bits per heavy atom. The highest BCUT2D eigenvalue weighted by atomic mass is 16.4. The van der Waals surface area contributed by atoms with Crippen LogP contribution in [-0.4, -0.2) is 44.3 Å². The van der Waals surface area contributed by atoms with Gasteiger partial charge in [0.1, 0.15) is 6.04 Å². The Kier molecular flexibility index (Phi) is 3.34. The average molecular weight is 265 g/mol. The quantitative estimate of drug-likeness (QED) is 0.864. The standard InChI is InChI=1S/C13H19N3O3/c1-7-5-6-16(11(7)13(18)19)12(17)10-8(2)14-15(4)9(10)3/h7,11H,5-6H2,1-4H3,(H,18,19). The maximum atomic E-state index is 12.6. The van der Waals surface area contributed by atoms with Gasteiger partial charge in [-0.2, -0.15) is 5.10 Å². The van der Waals surface area contributed by atoms with Gasteiger partial charge in [0.25, 0.3) is 5.91 Å². The van der Waals surface area contributed by atoms with Crippen LogP contribution in [0.4, 0.5) is 0 Å². The topological polar surface area (TPSA) is 75.4 Å². The van der Waals surface area contributed by atoms with Gasteiger partial charge in [-0.1, -0.05) is 6.92 Å². The lowest BCUT2D eigenvalue weighted by atomic mass is 10.0. The number of rotatable bonds is 2. The van der Waals surface area contributed by atoms with Crippen molar-refractivity contribution in [3.8, 4) is 0 Å². The molecule has 1 amide bonds. The van der Waals surface area contributed by atoms with E-state index in [9.17, 15) is 14.7 Å². The summed E-state index contributed by atoms with van der Waals surface area (Å²) in [6.45, 7) is 5.96. The lowest BCUT2D eigenvalue weighted by Gasteiger charge is -2.23. The molecule has 1 aromatic rings. The first kappa shape index (κ1) is 13.6. The van der Waals surface area contributed by atoms with Gasteiger partial charge in [-0.15, -0.1) is 0 Å². The molecule has 0 aliphatic carbocycles. The van der Waals surface area contributed by atoms with Crippen molar-refractivity contribution in [3.05, 3.63) is 17.0 Å². The molecule has 1 aromatic heterocycles. The Morgan fingerprint density at radius 2 is 2.00 bits per heavy atom. The molecule has 0 radical (unpaired) electrons. The number of amides is 1. The summed E-state index contributed by atoms with van der Waals surface area (Å²) in [6.07, 6.45) is 0.723. The molecule has 19 heavy (non-hydrogen) atoms. The minimum Gasteiger partial charge on any atom is -0.480 e. The van der Waals surface area contributed by atoms with Gasteiger partial charge in [0.15, 0.2) is 0 Å². The summed E-state index contributed by atoms with van der Waals surface area (Å²) in [4.78, 5) is 25.4. The molecule has 1 saturated heterocycles. The first-order valence-corrected chi connectivity index (χ1v) is 6.38. The fourth-order valence-corrected chi connectivity index (χ4v) is 2.78. The van der Waals surface area contributed by atoms with E-state index >= 15 is 0 Å². The normalized spacial score (nSPS) is 22.8. The van der Waals surface area contributed by atoms with E-state index in [1.54, 1.807) is 18.7 Å². The van der Waals surface area contributed by atoms with Gasteiger partial charge in [-0.05, 0) is 26.2 Å². The zero-order chi connectivity index (χ0) is 14.3. The van der Waals surface area contributed by atoms with E-state index < -0.39 is 12.0 Å². The molecule has 6 nitrogen and oxygen atoms in total. The number of aromatic nitrogens is 2. The van der Waals surface area contributed by atoms with Gasteiger partial charge in [-0.25, -0.2) is 4.79 Å². The van der Waals surface area contributed by atoms with Crippen molar-refractivity contribution in [1.29, 1.82) is 0 Å². The van der Waals surface area contributed by atoms with E-state index in [1.807, 2.05) is 13.8 Å². The third-order valence-electron chi connectivity index (χ3n) is 3.94. The van der Waals surface area contributed by atoms with Crippen LogP contribution in [0.25, 0.3) is 0 Å². The van der Waals surface area contributed by atoms with Gasteiger partial charge in [-0.3, -0.25) is 9.48 Å². The molecule has 2 rings (SSSR count). The van der Waals surface area contributed by atoms with E-state index in [4.69, 9.17) is 0 Å². The summed E-state index contributed by atoms with van der Waals surface area (Å²) in [5.74, 6) is -1.17. The van der Waals surface area contributed by atoms with Crippen LogP contribution in [0.15, 0.2) is 0 Å². The smallest absolute Gasteiger partial charge is 0.326 e. The van der Waals surface area contributed by atoms with Gasteiger partial charge in [0.05, 0.1) is 11.3 Å². The third kappa shape index (κ3) is 2.11. The Balaban J connectivity index is 2.36. The van der Waals surface area contributed by atoms with Crippen LogP contribution in [0.1, 0.15) is 35.1 Å². The first-order valence-electron chi connectivity index (χ1n) is 6.38. The van der Waals surface area contributed by atoms with Crippen LogP contribution in [0.2, 0.25) is 0 Å². The lowest BCUT2D eigenvalue weighted by Crippen LogP contribution is -2.43. The summed E-state index contributed by atoms with van der Waals surface area (Å²) < 4.78 is 1.65. The average Bonchev–Trinajstić information content (AvgIpc) is 2.80. The Hall–Kier alpha value is -1.85. The monoisotopic (exact) mass is 265 g/mol. The predicted molar refractivity (Wildman–Crippen MR) is 68.9 cm³/mol. The molecule has 1 N–H and O–H groups in total. The molecule has 1 aliphatic heterocycles. The van der Waals surface area contributed by atoms with Crippen molar-refractivity contribution in [3.63, 3.8) is 0 Å². The molecule has 2 atom stereocenters. The molecule has 0 spiro atoms. The molecule has 6 heteroatoms. The summed E-state index contributed by atoms with van der Waals surface area (Å²) in [5, 5.41) is 13.5. The third-order valence-corrected chi connectivity index (χ3v) is 3.94. The number of hydrogen-bond donors (Lipinski definition) is 1. The summed E-state index contributed by atoms with van der Waals surface area (Å²) >= 11 is 0. The SMILES string of the molecule is Cc1nn(C)c(C)c1C(=O)N1CCC(C)C1C(=O)O. The number of aryl methyl sites for hydroxylation is 2. The van der Waals surface area contributed by atoms with E-state index in [1.165, 1.54) is 4.90 Å². The van der Waals surface area contributed by atoms with Crippen LogP contribution in [-0.2, 0) is 11.8 Å². The van der Waals surface area contributed by atoms with Crippen molar-refractivity contribution in [2.45, 2.75) is 33.2 Å². The summed E-state index contributed by atoms with van der Waals surface area (Å²) in [7, 11) is 1.78. The highest BCUT2D eigenvalue weighted by Gasteiger charge is 2.40. The second-order valence-corrected chi connectivity index (χ2v) is 5.22. The van der Waals surface area contributed by atoms with Crippen molar-refractivity contribution < 1.29 is 14.7 Å². The molecular weight excluding hydrogens is 246 g/mol. The molecule has 0 bridgehead atoms. The minimum atomic E-state index is -0.933. The number of nitrogens with zero attached hydrogens (tertiary/aromatic N) is 3. The van der Waals surface area contributed by atoms with Crippen LogP contribution in [0, 0.1) is 19.8 Å². The number of carbonyl (C=O) groups excluding carboxylic acids is 1. The Bertz CT molecular complexity index is 535. The fourth-order valence-electron chi connectivity index (χ4n) is 2.78.